The molecule has 3 aromatic rings. The molecule has 1 aliphatic rings. The van der Waals surface area contributed by atoms with Crippen LogP contribution in [0, 0.1) is 0 Å². The Bertz CT molecular complexity index is 1020. The molecule has 8 heteroatoms. The van der Waals surface area contributed by atoms with Crippen molar-refractivity contribution in [1.82, 2.24) is 24.8 Å². The highest BCUT2D eigenvalue weighted by atomic mass is 16.1. The van der Waals surface area contributed by atoms with Gasteiger partial charge in [-0.05, 0) is 44.7 Å². The van der Waals surface area contributed by atoms with E-state index in [1.165, 1.54) is 11.3 Å². The highest BCUT2D eigenvalue weighted by Gasteiger charge is 2.16. The van der Waals surface area contributed by atoms with Gasteiger partial charge < -0.3 is 20.4 Å². The lowest BCUT2D eigenvalue weighted by molar-refractivity contribution is 0.0944. The molecule has 0 bridgehead atoms. The Morgan fingerprint density at radius 3 is 2.73 bits per heavy atom. The van der Waals surface area contributed by atoms with Crippen LogP contribution in [0.3, 0.4) is 0 Å². The lowest BCUT2D eigenvalue weighted by Gasteiger charge is -2.34. The summed E-state index contributed by atoms with van der Waals surface area (Å²) in [6.45, 7) is 8.80. The Kier molecular flexibility index (Phi) is 5.85. The number of hydrogen-bond donors (Lipinski definition) is 2. The minimum Gasteiger partial charge on any atom is -0.369 e. The van der Waals surface area contributed by atoms with Gasteiger partial charge in [0.05, 0.1) is 6.20 Å². The summed E-state index contributed by atoms with van der Waals surface area (Å²) in [7, 11) is 2.17. The summed E-state index contributed by atoms with van der Waals surface area (Å²) in [5, 5.41) is 10.5. The standard InChI is InChI=1S/C22H29N7O/c1-16(2)25-22(30)19-15-24-29-8-7-20(26-21(19)29)23-14-17-5-4-6-18(13-17)28-11-9-27(3)10-12-28/h4-8,13,15-16H,9-12,14H2,1-3H3,(H,23,26)(H,25,30). The predicted molar refractivity (Wildman–Crippen MR) is 119 cm³/mol. The molecular weight excluding hydrogens is 378 g/mol. The van der Waals surface area contributed by atoms with Crippen LogP contribution in [0.25, 0.3) is 5.65 Å². The Balaban J connectivity index is 1.46. The summed E-state index contributed by atoms with van der Waals surface area (Å²) >= 11 is 0. The van der Waals surface area contributed by atoms with E-state index in [0.29, 0.717) is 23.6 Å². The van der Waals surface area contributed by atoms with Crippen LogP contribution >= 0.6 is 0 Å². The number of rotatable bonds is 6. The number of carbonyl (C=O) groups excluding carboxylic acids is 1. The number of carbonyl (C=O) groups is 1. The van der Waals surface area contributed by atoms with Crippen LogP contribution in [0.4, 0.5) is 11.5 Å². The molecule has 0 radical (unpaired) electrons. The van der Waals surface area contributed by atoms with E-state index in [1.54, 1.807) is 10.7 Å². The van der Waals surface area contributed by atoms with Crippen molar-refractivity contribution in [2.45, 2.75) is 26.4 Å². The molecule has 30 heavy (non-hydrogen) atoms. The molecular formula is C22H29N7O. The van der Waals surface area contributed by atoms with E-state index in [-0.39, 0.29) is 11.9 Å². The van der Waals surface area contributed by atoms with Crippen molar-refractivity contribution in [1.29, 1.82) is 0 Å². The molecule has 1 saturated heterocycles. The van der Waals surface area contributed by atoms with Gasteiger partial charge >= 0.3 is 0 Å². The van der Waals surface area contributed by atoms with Crippen molar-refractivity contribution >= 4 is 23.1 Å². The van der Waals surface area contributed by atoms with Crippen molar-refractivity contribution in [3.05, 3.63) is 53.9 Å². The largest absolute Gasteiger partial charge is 0.369 e. The third kappa shape index (κ3) is 4.54. The first kappa shape index (κ1) is 20.2. The number of aromatic nitrogens is 3. The van der Waals surface area contributed by atoms with Gasteiger partial charge in [-0.15, -0.1) is 0 Å². The molecule has 4 rings (SSSR count). The fourth-order valence-electron chi connectivity index (χ4n) is 3.59. The number of nitrogens with one attached hydrogen (secondary N) is 2. The van der Waals surface area contributed by atoms with Crippen molar-refractivity contribution in [2.75, 3.05) is 43.4 Å². The van der Waals surface area contributed by atoms with E-state index >= 15 is 0 Å². The number of anilines is 2. The zero-order valence-electron chi connectivity index (χ0n) is 17.8. The molecule has 1 aliphatic heterocycles. The second-order valence-corrected chi connectivity index (χ2v) is 8.08. The molecule has 0 spiro atoms. The Morgan fingerprint density at radius 2 is 1.97 bits per heavy atom. The number of hydrogen-bond acceptors (Lipinski definition) is 6. The Morgan fingerprint density at radius 1 is 1.17 bits per heavy atom. The second-order valence-electron chi connectivity index (χ2n) is 8.08. The molecule has 0 aliphatic carbocycles. The SMILES string of the molecule is CC(C)NC(=O)c1cnn2ccc(NCc3cccc(N4CCN(C)CC4)c3)nc12. The van der Waals surface area contributed by atoms with Crippen LogP contribution in [0.2, 0.25) is 0 Å². The predicted octanol–water partition coefficient (Wildman–Crippen LogP) is 2.23. The highest BCUT2D eigenvalue weighted by molar-refractivity contribution is 5.99. The maximum absolute atomic E-state index is 12.4. The lowest BCUT2D eigenvalue weighted by atomic mass is 10.1. The number of benzene rings is 1. The Hall–Kier alpha value is -3.13. The smallest absolute Gasteiger partial charge is 0.256 e. The summed E-state index contributed by atoms with van der Waals surface area (Å²) in [6.07, 6.45) is 3.38. The summed E-state index contributed by atoms with van der Waals surface area (Å²) < 4.78 is 1.62. The van der Waals surface area contributed by atoms with Gasteiger partial charge in [0.1, 0.15) is 11.4 Å². The summed E-state index contributed by atoms with van der Waals surface area (Å²) in [4.78, 5) is 21.8. The zero-order valence-corrected chi connectivity index (χ0v) is 17.8. The fourth-order valence-corrected chi connectivity index (χ4v) is 3.59. The van der Waals surface area contributed by atoms with E-state index in [4.69, 9.17) is 0 Å². The topological polar surface area (TPSA) is 77.8 Å². The highest BCUT2D eigenvalue weighted by Crippen LogP contribution is 2.19. The van der Waals surface area contributed by atoms with Crippen molar-refractivity contribution in [3.63, 3.8) is 0 Å². The molecule has 2 N–H and O–H groups in total. The van der Waals surface area contributed by atoms with Gasteiger partial charge in [0, 0.05) is 50.6 Å². The zero-order chi connectivity index (χ0) is 21.1. The van der Waals surface area contributed by atoms with E-state index in [0.717, 1.165) is 26.2 Å². The molecule has 8 nitrogen and oxygen atoms in total. The van der Waals surface area contributed by atoms with Gasteiger partial charge in [0.15, 0.2) is 5.65 Å². The van der Waals surface area contributed by atoms with Crippen molar-refractivity contribution in [3.8, 4) is 0 Å². The first-order valence-electron chi connectivity index (χ1n) is 10.4. The van der Waals surface area contributed by atoms with Gasteiger partial charge in [0.2, 0.25) is 0 Å². The third-order valence-electron chi connectivity index (χ3n) is 5.29. The number of fused-ring (bicyclic) bond motifs is 1. The van der Waals surface area contributed by atoms with Crippen LogP contribution < -0.4 is 15.5 Å². The minimum absolute atomic E-state index is 0.0568. The number of nitrogens with zero attached hydrogens (tertiary/aromatic N) is 5. The van der Waals surface area contributed by atoms with Crippen molar-refractivity contribution in [2.24, 2.45) is 0 Å². The summed E-state index contributed by atoms with van der Waals surface area (Å²) in [6, 6.07) is 10.6. The monoisotopic (exact) mass is 407 g/mol. The van der Waals surface area contributed by atoms with Gasteiger partial charge in [-0.3, -0.25) is 4.79 Å². The molecule has 1 fully saturated rings. The normalized spacial score (nSPS) is 15.0. The first-order valence-corrected chi connectivity index (χ1v) is 10.4. The van der Waals surface area contributed by atoms with Crippen LogP contribution in [0.1, 0.15) is 29.8 Å². The van der Waals surface area contributed by atoms with Gasteiger partial charge in [0.25, 0.3) is 5.91 Å². The molecule has 1 aromatic carbocycles. The van der Waals surface area contributed by atoms with E-state index in [1.807, 2.05) is 26.1 Å². The van der Waals surface area contributed by atoms with E-state index in [2.05, 4.69) is 61.8 Å². The average molecular weight is 408 g/mol. The number of likely N-dealkylation sites (N-methyl/N-ethyl adjacent to an activating group) is 1. The minimum atomic E-state index is -0.162. The second kappa shape index (κ2) is 8.71. The molecule has 158 valence electrons. The average Bonchev–Trinajstić information content (AvgIpc) is 3.16. The molecule has 1 amide bonds. The van der Waals surface area contributed by atoms with Gasteiger partial charge in [-0.2, -0.15) is 5.10 Å². The molecule has 0 unspecified atom stereocenters. The van der Waals surface area contributed by atoms with Crippen LogP contribution in [0.5, 0.6) is 0 Å². The van der Waals surface area contributed by atoms with Gasteiger partial charge in [-0.1, -0.05) is 12.1 Å². The maximum Gasteiger partial charge on any atom is 0.256 e. The number of piperazine rings is 1. The quantitative estimate of drug-likeness (QED) is 0.653. The Labute approximate surface area is 176 Å². The van der Waals surface area contributed by atoms with Crippen LogP contribution in [0.15, 0.2) is 42.7 Å². The summed E-state index contributed by atoms with van der Waals surface area (Å²) in [5.74, 6) is 0.552. The number of amides is 1. The van der Waals surface area contributed by atoms with Gasteiger partial charge in [-0.25, -0.2) is 9.50 Å². The third-order valence-corrected chi connectivity index (χ3v) is 5.29. The molecule has 0 atom stereocenters. The van der Waals surface area contributed by atoms with Crippen molar-refractivity contribution < 1.29 is 4.79 Å². The summed E-state index contributed by atoms with van der Waals surface area (Å²) in [5.41, 5.74) is 3.47. The maximum atomic E-state index is 12.4. The fraction of sp³-hybridized carbons (Fsp3) is 0.409. The van der Waals surface area contributed by atoms with Crippen LogP contribution in [-0.4, -0.2) is 64.7 Å². The first-order chi connectivity index (χ1) is 14.5. The lowest BCUT2D eigenvalue weighted by Crippen LogP contribution is -2.44. The van der Waals surface area contributed by atoms with E-state index < -0.39 is 0 Å². The molecule has 3 heterocycles. The van der Waals surface area contributed by atoms with Crippen LogP contribution in [-0.2, 0) is 6.54 Å². The molecule has 0 saturated carbocycles. The molecule has 2 aromatic heterocycles. The van der Waals surface area contributed by atoms with E-state index in [9.17, 15) is 4.79 Å².